The Labute approximate surface area is 135 Å². The molecule has 0 aromatic heterocycles. The lowest BCUT2D eigenvalue weighted by Crippen LogP contribution is -2.08. The molecule has 0 spiro atoms. The third-order valence-electron chi connectivity index (χ3n) is 3.60. The van der Waals surface area contributed by atoms with Crippen LogP contribution < -0.4 is 4.74 Å². The SMILES string of the molecule is C=CC(=O)OCCCCOc1ccc2c(c1)CCC(C(=O)O)=C2. The second-order valence-corrected chi connectivity index (χ2v) is 5.26. The summed E-state index contributed by atoms with van der Waals surface area (Å²) in [4.78, 5) is 21.8. The molecule has 1 aliphatic rings. The number of esters is 1. The van der Waals surface area contributed by atoms with Gasteiger partial charge in [0.25, 0.3) is 0 Å². The van der Waals surface area contributed by atoms with Gasteiger partial charge in [0, 0.05) is 11.6 Å². The molecule has 1 aromatic rings. The van der Waals surface area contributed by atoms with E-state index in [9.17, 15) is 9.59 Å². The normalized spacial score (nSPS) is 12.8. The third-order valence-corrected chi connectivity index (χ3v) is 3.60. The van der Waals surface area contributed by atoms with Crippen molar-refractivity contribution in [2.45, 2.75) is 25.7 Å². The zero-order valence-corrected chi connectivity index (χ0v) is 12.9. The van der Waals surface area contributed by atoms with Crippen LogP contribution >= 0.6 is 0 Å². The summed E-state index contributed by atoms with van der Waals surface area (Å²) in [6.07, 6.45) is 5.63. The molecule has 0 aliphatic heterocycles. The number of aliphatic carboxylic acids is 1. The number of hydrogen-bond acceptors (Lipinski definition) is 4. The molecule has 0 amide bonds. The van der Waals surface area contributed by atoms with Gasteiger partial charge >= 0.3 is 11.9 Å². The topological polar surface area (TPSA) is 72.8 Å². The second-order valence-electron chi connectivity index (χ2n) is 5.26. The van der Waals surface area contributed by atoms with Crippen LogP contribution in [0.2, 0.25) is 0 Å². The second kappa shape index (κ2) is 8.17. The van der Waals surface area contributed by atoms with Crippen molar-refractivity contribution in [1.29, 1.82) is 0 Å². The smallest absolute Gasteiger partial charge is 0.331 e. The van der Waals surface area contributed by atoms with Gasteiger partial charge < -0.3 is 14.6 Å². The van der Waals surface area contributed by atoms with Crippen molar-refractivity contribution in [2.75, 3.05) is 13.2 Å². The van der Waals surface area contributed by atoms with Crippen LogP contribution in [0.1, 0.15) is 30.4 Å². The third kappa shape index (κ3) is 4.98. The number of unbranched alkanes of at least 4 members (excludes halogenated alkanes) is 1. The first kappa shape index (κ1) is 16.8. The van der Waals surface area contributed by atoms with Crippen molar-refractivity contribution in [1.82, 2.24) is 0 Å². The number of carboxylic acid groups (broad SMARTS) is 1. The van der Waals surface area contributed by atoms with Crippen LogP contribution in [0.5, 0.6) is 5.75 Å². The molecule has 0 atom stereocenters. The summed E-state index contributed by atoms with van der Waals surface area (Å²) in [5.41, 5.74) is 2.49. The van der Waals surface area contributed by atoms with Crippen molar-refractivity contribution in [3.8, 4) is 5.75 Å². The van der Waals surface area contributed by atoms with E-state index >= 15 is 0 Å². The summed E-state index contributed by atoms with van der Waals surface area (Å²) >= 11 is 0. The molecule has 0 saturated heterocycles. The Hall–Kier alpha value is -2.56. The monoisotopic (exact) mass is 316 g/mol. The van der Waals surface area contributed by atoms with Crippen molar-refractivity contribution in [3.63, 3.8) is 0 Å². The molecule has 2 rings (SSSR count). The van der Waals surface area contributed by atoms with Gasteiger partial charge in [-0.3, -0.25) is 0 Å². The number of carboxylic acids is 1. The van der Waals surface area contributed by atoms with Crippen LogP contribution in [0, 0.1) is 0 Å². The maximum absolute atomic E-state index is 11.0. The molecule has 0 unspecified atom stereocenters. The number of hydrogen-bond donors (Lipinski definition) is 1. The first-order valence-corrected chi connectivity index (χ1v) is 7.59. The van der Waals surface area contributed by atoms with E-state index in [-0.39, 0.29) is 0 Å². The Balaban J connectivity index is 1.79. The maximum atomic E-state index is 11.0. The molecule has 5 heteroatoms. The molecule has 23 heavy (non-hydrogen) atoms. The first-order valence-electron chi connectivity index (χ1n) is 7.59. The number of fused-ring (bicyclic) bond motifs is 1. The summed E-state index contributed by atoms with van der Waals surface area (Å²) in [5, 5.41) is 9.03. The van der Waals surface area contributed by atoms with Crippen LogP contribution in [-0.2, 0) is 20.7 Å². The summed E-state index contributed by atoms with van der Waals surface area (Å²) < 4.78 is 10.6. The zero-order chi connectivity index (χ0) is 16.7. The standard InChI is InChI=1S/C18H20O5/c1-2-17(19)23-10-4-3-9-22-16-8-7-13-11-15(18(20)21)6-5-14(13)12-16/h2,7-8,11-12H,1,3-6,9-10H2,(H,20,21). The van der Waals surface area contributed by atoms with Gasteiger partial charge in [-0.25, -0.2) is 9.59 Å². The molecule has 1 aromatic carbocycles. The van der Waals surface area contributed by atoms with Gasteiger partial charge in [-0.2, -0.15) is 0 Å². The zero-order valence-electron chi connectivity index (χ0n) is 12.9. The molecular weight excluding hydrogens is 296 g/mol. The average Bonchev–Trinajstić information content (AvgIpc) is 2.56. The van der Waals surface area contributed by atoms with Gasteiger partial charge in [-0.05, 0) is 55.0 Å². The van der Waals surface area contributed by atoms with Crippen LogP contribution in [0.4, 0.5) is 0 Å². The highest BCUT2D eigenvalue weighted by Crippen LogP contribution is 2.27. The van der Waals surface area contributed by atoms with Crippen LogP contribution in [0.25, 0.3) is 6.08 Å². The highest BCUT2D eigenvalue weighted by atomic mass is 16.5. The number of rotatable bonds is 8. The largest absolute Gasteiger partial charge is 0.494 e. The Morgan fingerprint density at radius 3 is 2.74 bits per heavy atom. The van der Waals surface area contributed by atoms with E-state index < -0.39 is 11.9 Å². The number of ether oxygens (including phenoxy) is 2. The number of aryl methyl sites for hydroxylation is 1. The summed E-state index contributed by atoms with van der Waals surface area (Å²) in [7, 11) is 0. The minimum atomic E-state index is -0.854. The maximum Gasteiger partial charge on any atom is 0.331 e. The fourth-order valence-electron chi connectivity index (χ4n) is 2.35. The van der Waals surface area contributed by atoms with Crippen molar-refractivity contribution < 1.29 is 24.2 Å². The minimum Gasteiger partial charge on any atom is -0.494 e. The Morgan fingerprint density at radius 1 is 1.22 bits per heavy atom. The molecule has 1 N–H and O–H groups in total. The van der Waals surface area contributed by atoms with Gasteiger partial charge in [0.15, 0.2) is 0 Å². The lowest BCUT2D eigenvalue weighted by molar-refractivity contribution is -0.138. The van der Waals surface area contributed by atoms with Crippen LogP contribution in [0.15, 0.2) is 36.4 Å². The van der Waals surface area contributed by atoms with E-state index in [0.717, 1.165) is 35.8 Å². The highest BCUT2D eigenvalue weighted by molar-refractivity contribution is 5.93. The quantitative estimate of drug-likeness (QED) is 0.453. The fourth-order valence-corrected chi connectivity index (χ4v) is 2.35. The van der Waals surface area contributed by atoms with Crippen molar-refractivity contribution in [3.05, 3.63) is 47.6 Å². The number of carbonyl (C=O) groups excluding carboxylic acids is 1. The molecule has 0 heterocycles. The Kier molecular flexibility index (Phi) is 5.97. The van der Waals surface area contributed by atoms with E-state index in [4.69, 9.17) is 14.6 Å². The molecule has 0 fully saturated rings. The summed E-state index contributed by atoms with van der Waals surface area (Å²) in [6, 6.07) is 5.69. The van der Waals surface area contributed by atoms with E-state index in [1.54, 1.807) is 6.08 Å². The van der Waals surface area contributed by atoms with Gasteiger partial charge in [0.05, 0.1) is 13.2 Å². The van der Waals surface area contributed by atoms with Crippen molar-refractivity contribution >= 4 is 18.0 Å². The Morgan fingerprint density at radius 2 is 2.00 bits per heavy atom. The number of benzene rings is 1. The lowest BCUT2D eigenvalue weighted by atomic mass is 9.92. The average molecular weight is 316 g/mol. The van der Waals surface area contributed by atoms with E-state index in [0.29, 0.717) is 31.6 Å². The predicted octanol–water partition coefficient (Wildman–Crippen LogP) is 2.99. The Bertz CT molecular complexity index is 630. The van der Waals surface area contributed by atoms with Gasteiger partial charge in [-0.15, -0.1) is 0 Å². The minimum absolute atomic E-state index is 0.362. The molecule has 0 bridgehead atoms. The summed E-state index contributed by atoms with van der Waals surface area (Å²) in [6.45, 7) is 4.23. The van der Waals surface area contributed by atoms with E-state index in [1.807, 2.05) is 18.2 Å². The first-order chi connectivity index (χ1) is 11.1. The highest BCUT2D eigenvalue weighted by Gasteiger charge is 2.15. The molecule has 1 aliphatic carbocycles. The molecule has 0 radical (unpaired) electrons. The predicted molar refractivity (Wildman–Crippen MR) is 86.3 cm³/mol. The van der Waals surface area contributed by atoms with Crippen LogP contribution in [0.3, 0.4) is 0 Å². The molecule has 0 saturated carbocycles. The van der Waals surface area contributed by atoms with Crippen molar-refractivity contribution in [2.24, 2.45) is 0 Å². The molecular formula is C18H20O5. The van der Waals surface area contributed by atoms with Gasteiger partial charge in [0.2, 0.25) is 0 Å². The van der Waals surface area contributed by atoms with E-state index in [2.05, 4.69) is 6.58 Å². The summed E-state index contributed by atoms with van der Waals surface area (Å²) in [5.74, 6) is -0.485. The molecule has 122 valence electrons. The fraction of sp³-hybridized carbons (Fsp3) is 0.333. The van der Waals surface area contributed by atoms with Gasteiger partial charge in [-0.1, -0.05) is 12.6 Å². The lowest BCUT2D eigenvalue weighted by Gasteiger charge is -2.15. The molecule has 5 nitrogen and oxygen atoms in total. The van der Waals surface area contributed by atoms with Crippen LogP contribution in [-0.4, -0.2) is 30.3 Å². The van der Waals surface area contributed by atoms with Gasteiger partial charge in [0.1, 0.15) is 5.75 Å². The van der Waals surface area contributed by atoms with E-state index in [1.165, 1.54) is 0 Å². The number of carbonyl (C=O) groups is 2.